The van der Waals surface area contributed by atoms with Crippen LogP contribution in [0.15, 0.2) is 18.3 Å². The van der Waals surface area contributed by atoms with Gasteiger partial charge in [0.1, 0.15) is 6.10 Å². The highest BCUT2D eigenvalue weighted by molar-refractivity contribution is 5.20. The molecular weight excluding hydrogens is 200 g/mol. The molecule has 2 heterocycles. The van der Waals surface area contributed by atoms with Crippen LogP contribution >= 0.6 is 0 Å². The van der Waals surface area contributed by atoms with E-state index in [0.717, 1.165) is 31.8 Å². The van der Waals surface area contributed by atoms with Crippen molar-refractivity contribution in [3.05, 3.63) is 23.9 Å². The highest BCUT2D eigenvalue weighted by Gasteiger charge is 2.14. The number of aromatic nitrogens is 1. The van der Waals surface area contributed by atoms with Crippen molar-refractivity contribution in [2.75, 3.05) is 13.1 Å². The van der Waals surface area contributed by atoms with Crippen molar-refractivity contribution in [2.24, 2.45) is 0 Å². The largest absolute Gasteiger partial charge is 0.474 e. The van der Waals surface area contributed by atoms with Gasteiger partial charge in [-0.1, -0.05) is 19.9 Å². The first-order chi connectivity index (χ1) is 7.75. The second kappa shape index (κ2) is 5.30. The molecule has 1 saturated heterocycles. The molecule has 0 aromatic carbocycles. The van der Waals surface area contributed by atoms with E-state index in [2.05, 4.69) is 30.2 Å². The van der Waals surface area contributed by atoms with Gasteiger partial charge in [0, 0.05) is 12.3 Å². The quantitative estimate of drug-likeness (QED) is 0.849. The molecule has 0 saturated carbocycles. The summed E-state index contributed by atoms with van der Waals surface area (Å²) in [6.07, 6.45) is 4.40. The zero-order chi connectivity index (χ0) is 11.4. The summed E-state index contributed by atoms with van der Waals surface area (Å²) in [6.45, 7) is 6.44. The molecule has 0 aliphatic carbocycles. The van der Waals surface area contributed by atoms with Crippen molar-refractivity contribution in [3.8, 4) is 5.88 Å². The predicted octanol–water partition coefficient (Wildman–Crippen LogP) is 2.34. The Morgan fingerprint density at radius 1 is 1.31 bits per heavy atom. The van der Waals surface area contributed by atoms with Crippen molar-refractivity contribution in [1.82, 2.24) is 10.3 Å². The van der Waals surface area contributed by atoms with Gasteiger partial charge >= 0.3 is 0 Å². The number of hydrogen-bond acceptors (Lipinski definition) is 3. The molecule has 1 aliphatic heterocycles. The van der Waals surface area contributed by atoms with E-state index in [4.69, 9.17) is 4.74 Å². The minimum absolute atomic E-state index is 0.332. The van der Waals surface area contributed by atoms with Crippen LogP contribution < -0.4 is 10.1 Å². The summed E-state index contributed by atoms with van der Waals surface area (Å²) >= 11 is 0. The molecule has 0 unspecified atom stereocenters. The van der Waals surface area contributed by atoms with Crippen molar-refractivity contribution in [1.29, 1.82) is 0 Å². The molecule has 0 spiro atoms. The lowest BCUT2D eigenvalue weighted by Gasteiger charge is -2.23. The van der Waals surface area contributed by atoms with Crippen molar-refractivity contribution in [3.63, 3.8) is 0 Å². The normalized spacial score (nSPS) is 17.7. The van der Waals surface area contributed by atoms with Crippen molar-refractivity contribution < 1.29 is 4.74 Å². The topological polar surface area (TPSA) is 34.1 Å². The Balaban J connectivity index is 1.93. The van der Waals surface area contributed by atoms with E-state index in [1.807, 2.05) is 12.3 Å². The minimum Gasteiger partial charge on any atom is -0.474 e. The Morgan fingerprint density at radius 3 is 2.62 bits per heavy atom. The first-order valence-corrected chi connectivity index (χ1v) is 6.09. The molecule has 0 amide bonds. The number of nitrogens with one attached hydrogen (secondary N) is 1. The van der Waals surface area contributed by atoms with Crippen LogP contribution in [0, 0.1) is 0 Å². The number of hydrogen-bond donors (Lipinski definition) is 1. The van der Waals surface area contributed by atoms with Crippen LogP contribution in [0.2, 0.25) is 0 Å². The highest BCUT2D eigenvalue weighted by Crippen LogP contribution is 2.18. The van der Waals surface area contributed by atoms with E-state index >= 15 is 0 Å². The van der Waals surface area contributed by atoms with Gasteiger partial charge in [-0.3, -0.25) is 0 Å². The molecule has 16 heavy (non-hydrogen) atoms. The average Bonchev–Trinajstić information content (AvgIpc) is 2.31. The van der Waals surface area contributed by atoms with E-state index in [1.54, 1.807) is 0 Å². The Morgan fingerprint density at radius 2 is 2.06 bits per heavy atom. The summed E-state index contributed by atoms with van der Waals surface area (Å²) in [7, 11) is 0. The Kier molecular flexibility index (Phi) is 3.78. The molecule has 3 nitrogen and oxygen atoms in total. The van der Waals surface area contributed by atoms with Gasteiger partial charge in [0.05, 0.1) is 0 Å². The Hall–Kier alpha value is -1.09. The molecule has 0 atom stereocenters. The Labute approximate surface area is 97.2 Å². The van der Waals surface area contributed by atoms with Gasteiger partial charge in [-0.05, 0) is 37.4 Å². The second-order valence-electron chi connectivity index (χ2n) is 4.65. The summed E-state index contributed by atoms with van der Waals surface area (Å²) in [6, 6.07) is 4.09. The maximum Gasteiger partial charge on any atom is 0.213 e. The summed E-state index contributed by atoms with van der Waals surface area (Å²) in [4.78, 5) is 4.35. The second-order valence-corrected chi connectivity index (χ2v) is 4.65. The number of piperidine rings is 1. The van der Waals surface area contributed by atoms with Crippen LogP contribution in [0.3, 0.4) is 0 Å². The third-order valence-corrected chi connectivity index (χ3v) is 3.00. The van der Waals surface area contributed by atoms with Gasteiger partial charge in [-0.2, -0.15) is 0 Å². The van der Waals surface area contributed by atoms with Crippen LogP contribution in [0.1, 0.15) is 38.2 Å². The average molecular weight is 220 g/mol. The van der Waals surface area contributed by atoms with Crippen LogP contribution in [0.5, 0.6) is 5.88 Å². The number of ether oxygens (including phenoxy) is 1. The standard InChI is InChI=1S/C13H20N2O/c1-10(2)11-3-4-13(15-9-11)16-12-5-7-14-8-6-12/h3-4,9-10,12,14H,5-8H2,1-2H3. The SMILES string of the molecule is CC(C)c1ccc(OC2CCNCC2)nc1. The lowest BCUT2D eigenvalue weighted by molar-refractivity contribution is 0.156. The van der Waals surface area contributed by atoms with Gasteiger partial charge < -0.3 is 10.1 Å². The van der Waals surface area contributed by atoms with E-state index in [9.17, 15) is 0 Å². The molecular formula is C13H20N2O. The summed E-state index contributed by atoms with van der Waals surface area (Å²) in [5, 5.41) is 3.32. The minimum atomic E-state index is 0.332. The van der Waals surface area contributed by atoms with Gasteiger partial charge in [0.2, 0.25) is 5.88 Å². The maximum atomic E-state index is 5.84. The van der Waals surface area contributed by atoms with Gasteiger partial charge in [0.15, 0.2) is 0 Å². The first-order valence-electron chi connectivity index (χ1n) is 6.09. The van der Waals surface area contributed by atoms with E-state index in [1.165, 1.54) is 5.56 Å². The zero-order valence-corrected chi connectivity index (χ0v) is 10.1. The third-order valence-electron chi connectivity index (χ3n) is 3.00. The number of rotatable bonds is 3. The monoisotopic (exact) mass is 220 g/mol. The molecule has 0 bridgehead atoms. The van der Waals surface area contributed by atoms with Crippen LogP contribution in [-0.4, -0.2) is 24.2 Å². The van der Waals surface area contributed by atoms with Crippen molar-refractivity contribution >= 4 is 0 Å². The molecule has 1 N–H and O–H groups in total. The third kappa shape index (κ3) is 2.95. The summed E-state index contributed by atoms with van der Waals surface area (Å²) < 4.78 is 5.84. The number of pyridine rings is 1. The predicted molar refractivity (Wildman–Crippen MR) is 64.8 cm³/mol. The Bertz CT molecular complexity index is 315. The molecule has 88 valence electrons. The molecule has 2 rings (SSSR count). The highest BCUT2D eigenvalue weighted by atomic mass is 16.5. The maximum absolute atomic E-state index is 5.84. The molecule has 1 aromatic heterocycles. The molecule has 0 radical (unpaired) electrons. The summed E-state index contributed by atoms with van der Waals surface area (Å²) in [5.74, 6) is 1.29. The van der Waals surface area contributed by atoms with Crippen LogP contribution in [0.25, 0.3) is 0 Å². The lowest BCUT2D eigenvalue weighted by Crippen LogP contribution is -2.34. The first kappa shape index (κ1) is 11.4. The van der Waals surface area contributed by atoms with Gasteiger partial charge in [-0.25, -0.2) is 4.98 Å². The lowest BCUT2D eigenvalue weighted by atomic mass is 10.1. The van der Waals surface area contributed by atoms with E-state index < -0.39 is 0 Å². The molecule has 1 aromatic rings. The summed E-state index contributed by atoms with van der Waals surface area (Å²) in [5.41, 5.74) is 1.26. The van der Waals surface area contributed by atoms with Crippen LogP contribution in [-0.2, 0) is 0 Å². The zero-order valence-electron chi connectivity index (χ0n) is 10.1. The molecule has 3 heteroatoms. The molecule has 1 aliphatic rings. The van der Waals surface area contributed by atoms with Crippen LogP contribution in [0.4, 0.5) is 0 Å². The fraction of sp³-hybridized carbons (Fsp3) is 0.615. The molecule has 1 fully saturated rings. The van der Waals surface area contributed by atoms with E-state index in [0.29, 0.717) is 12.0 Å². The van der Waals surface area contributed by atoms with Crippen molar-refractivity contribution in [2.45, 2.75) is 38.7 Å². The van der Waals surface area contributed by atoms with Gasteiger partial charge in [-0.15, -0.1) is 0 Å². The van der Waals surface area contributed by atoms with Gasteiger partial charge in [0.25, 0.3) is 0 Å². The van der Waals surface area contributed by atoms with E-state index in [-0.39, 0.29) is 0 Å². The smallest absolute Gasteiger partial charge is 0.213 e. The fourth-order valence-corrected chi connectivity index (χ4v) is 1.89. The number of nitrogens with zero attached hydrogens (tertiary/aromatic N) is 1. The fourth-order valence-electron chi connectivity index (χ4n) is 1.89.